The fourth-order valence-electron chi connectivity index (χ4n) is 3.76. The van der Waals surface area contributed by atoms with Gasteiger partial charge in [0.25, 0.3) is 5.91 Å². The third-order valence-corrected chi connectivity index (χ3v) is 6.41. The molecule has 1 aromatic carbocycles. The maximum atomic E-state index is 12.9. The molecule has 1 aromatic rings. The van der Waals surface area contributed by atoms with E-state index in [4.69, 9.17) is 19.3 Å². The standard InChI is InChI=1S/C24H31IN2O9/c1-4-18(30)24(33)27(6-8-34-2)17-11-15(23(32)26-5-7-28)12-19(21(17)31)36-22-16(25)9-14(13-29)10-20(22)35-3/h9-10,12-13,17,19,21,28,31H,4-8,11H2,1-3H3,(H,26,32). The van der Waals surface area contributed by atoms with Gasteiger partial charge in [-0.3, -0.25) is 19.2 Å². The van der Waals surface area contributed by atoms with Crippen LogP contribution in [0.2, 0.25) is 0 Å². The molecule has 36 heavy (non-hydrogen) atoms. The predicted octanol–water partition coefficient (Wildman–Crippen LogP) is 0.482. The third kappa shape index (κ3) is 7.24. The van der Waals surface area contributed by atoms with Crippen molar-refractivity contribution in [3.8, 4) is 11.5 Å². The summed E-state index contributed by atoms with van der Waals surface area (Å²) in [6, 6.07) is 2.07. The summed E-state index contributed by atoms with van der Waals surface area (Å²) in [7, 11) is 2.84. The molecule has 0 saturated heterocycles. The van der Waals surface area contributed by atoms with Crippen LogP contribution in [-0.2, 0) is 19.1 Å². The minimum Gasteiger partial charge on any atom is -0.493 e. The van der Waals surface area contributed by atoms with E-state index in [1.807, 2.05) is 22.6 Å². The highest BCUT2D eigenvalue weighted by Crippen LogP contribution is 2.36. The van der Waals surface area contributed by atoms with Crippen LogP contribution in [0, 0.1) is 3.57 Å². The second-order valence-corrected chi connectivity index (χ2v) is 9.10. The molecule has 0 radical (unpaired) electrons. The average Bonchev–Trinajstić information content (AvgIpc) is 2.89. The Bertz CT molecular complexity index is 998. The molecule has 0 heterocycles. The number of ketones is 1. The van der Waals surface area contributed by atoms with Crippen molar-refractivity contribution < 1.29 is 43.6 Å². The van der Waals surface area contributed by atoms with Gasteiger partial charge in [0, 0.05) is 44.2 Å². The number of rotatable bonds is 13. The molecule has 0 aliphatic heterocycles. The number of amides is 2. The molecule has 3 N–H and O–H groups in total. The Hall–Kier alpha value is -2.55. The highest BCUT2D eigenvalue weighted by molar-refractivity contribution is 14.1. The third-order valence-electron chi connectivity index (χ3n) is 5.61. The van der Waals surface area contributed by atoms with Crippen LogP contribution < -0.4 is 14.8 Å². The van der Waals surface area contributed by atoms with Crippen molar-refractivity contribution >= 4 is 46.5 Å². The Morgan fingerprint density at radius 1 is 1.28 bits per heavy atom. The molecule has 0 bridgehead atoms. The maximum Gasteiger partial charge on any atom is 0.290 e. The van der Waals surface area contributed by atoms with Crippen LogP contribution in [-0.4, -0.2) is 97.8 Å². The minimum atomic E-state index is -1.32. The van der Waals surface area contributed by atoms with Crippen molar-refractivity contribution in [1.29, 1.82) is 0 Å². The molecular formula is C24H31IN2O9. The number of carbonyl (C=O) groups excluding carboxylic acids is 4. The van der Waals surface area contributed by atoms with Gasteiger partial charge in [-0.2, -0.15) is 0 Å². The normalized spacial score (nSPS) is 19.2. The van der Waals surface area contributed by atoms with Crippen molar-refractivity contribution in [3.63, 3.8) is 0 Å². The summed E-state index contributed by atoms with van der Waals surface area (Å²) in [6.45, 7) is 1.41. The van der Waals surface area contributed by atoms with E-state index in [9.17, 15) is 24.3 Å². The summed E-state index contributed by atoms with van der Waals surface area (Å²) in [5.41, 5.74) is 0.570. The minimum absolute atomic E-state index is 0.00837. The fourth-order valence-corrected chi connectivity index (χ4v) is 4.51. The van der Waals surface area contributed by atoms with E-state index in [0.717, 1.165) is 0 Å². The number of halogens is 1. The highest BCUT2D eigenvalue weighted by atomic mass is 127. The number of carbonyl (C=O) groups is 4. The van der Waals surface area contributed by atoms with E-state index in [1.165, 1.54) is 31.3 Å². The molecule has 2 amide bonds. The first kappa shape index (κ1) is 29.7. The summed E-state index contributed by atoms with van der Waals surface area (Å²) in [4.78, 5) is 50.4. The molecule has 0 spiro atoms. The van der Waals surface area contributed by atoms with Crippen LogP contribution >= 0.6 is 22.6 Å². The number of aliphatic hydroxyl groups excluding tert-OH is 2. The maximum absolute atomic E-state index is 12.9. The summed E-state index contributed by atoms with van der Waals surface area (Å²) < 4.78 is 17.1. The van der Waals surface area contributed by atoms with Gasteiger partial charge in [-0.25, -0.2) is 0 Å². The topological polar surface area (TPSA) is 152 Å². The van der Waals surface area contributed by atoms with Crippen LogP contribution in [0.4, 0.5) is 0 Å². The van der Waals surface area contributed by atoms with Crippen molar-refractivity contribution in [2.75, 3.05) is 40.5 Å². The van der Waals surface area contributed by atoms with Crippen LogP contribution in [0.15, 0.2) is 23.8 Å². The summed E-state index contributed by atoms with van der Waals surface area (Å²) in [6.07, 6.45) is -0.411. The number of hydrogen-bond acceptors (Lipinski definition) is 9. The molecule has 11 nitrogen and oxygen atoms in total. The van der Waals surface area contributed by atoms with Gasteiger partial charge in [0.1, 0.15) is 18.5 Å². The van der Waals surface area contributed by atoms with Gasteiger partial charge in [0.05, 0.1) is 29.9 Å². The molecular weight excluding hydrogens is 587 g/mol. The lowest BCUT2D eigenvalue weighted by Crippen LogP contribution is -2.57. The van der Waals surface area contributed by atoms with E-state index < -0.39 is 35.8 Å². The lowest BCUT2D eigenvalue weighted by Gasteiger charge is -2.40. The summed E-state index contributed by atoms with van der Waals surface area (Å²) in [5, 5.41) is 23.0. The zero-order chi connectivity index (χ0) is 26.8. The molecule has 0 aromatic heterocycles. The lowest BCUT2D eigenvalue weighted by molar-refractivity contribution is -0.149. The van der Waals surface area contributed by atoms with Crippen LogP contribution in [0.3, 0.4) is 0 Å². The van der Waals surface area contributed by atoms with Gasteiger partial charge < -0.3 is 34.6 Å². The smallest absolute Gasteiger partial charge is 0.290 e. The van der Waals surface area contributed by atoms with Crippen molar-refractivity contribution in [2.45, 2.75) is 38.0 Å². The monoisotopic (exact) mass is 618 g/mol. The van der Waals surface area contributed by atoms with E-state index >= 15 is 0 Å². The number of methoxy groups -OCH3 is 2. The second-order valence-electron chi connectivity index (χ2n) is 7.94. The number of Topliss-reactive ketones (excluding diaryl/α,β-unsaturated/α-hetero) is 1. The Morgan fingerprint density at radius 3 is 2.58 bits per heavy atom. The predicted molar refractivity (Wildman–Crippen MR) is 137 cm³/mol. The molecule has 2 rings (SSSR count). The number of nitrogens with one attached hydrogen (secondary N) is 1. The van der Waals surface area contributed by atoms with Gasteiger partial charge in [0.2, 0.25) is 11.7 Å². The zero-order valence-corrected chi connectivity index (χ0v) is 22.5. The van der Waals surface area contributed by atoms with E-state index in [-0.39, 0.29) is 56.2 Å². The quantitative estimate of drug-likeness (QED) is 0.163. The molecule has 3 unspecified atom stereocenters. The molecule has 1 aliphatic rings. The molecule has 12 heteroatoms. The average molecular weight is 618 g/mol. The first-order valence-electron chi connectivity index (χ1n) is 11.3. The Kier molecular flexibility index (Phi) is 11.8. The number of benzene rings is 1. The molecule has 0 saturated carbocycles. The Balaban J connectivity index is 2.52. The number of hydrogen-bond donors (Lipinski definition) is 3. The fraction of sp³-hybridized carbons (Fsp3) is 0.500. The van der Waals surface area contributed by atoms with Gasteiger partial charge in [-0.1, -0.05) is 6.92 Å². The summed E-state index contributed by atoms with van der Waals surface area (Å²) >= 11 is 1.96. The summed E-state index contributed by atoms with van der Waals surface area (Å²) in [5.74, 6) is -1.46. The van der Waals surface area contributed by atoms with Crippen molar-refractivity contribution in [3.05, 3.63) is 32.9 Å². The van der Waals surface area contributed by atoms with Crippen LogP contribution in [0.1, 0.15) is 30.1 Å². The molecule has 198 valence electrons. The van der Waals surface area contributed by atoms with Crippen molar-refractivity contribution in [2.24, 2.45) is 0 Å². The largest absolute Gasteiger partial charge is 0.493 e. The highest BCUT2D eigenvalue weighted by Gasteiger charge is 2.41. The van der Waals surface area contributed by atoms with Gasteiger partial charge in [-0.05, 0) is 40.8 Å². The second kappa shape index (κ2) is 14.3. The van der Waals surface area contributed by atoms with Gasteiger partial charge in [0.15, 0.2) is 11.5 Å². The number of aldehydes is 1. The molecule has 0 fully saturated rings. The van der Waals surface area contributed by atoms with Gasteiger partial charge in [-0.15, -0.1) is 0 Å². The molecule has 3 atom stereocenters. The first-order chi connectivity index (χ1) is 17.2. The van der Waals surface area contributed by atoms with Crippen LogP contribution in [0.25, 0.3) is 0 Å². The lowest BCUT2D eigenvalue weighted by atomic mass is 9.88. The number of ether oxygens (including phenoxy) is 3. The van der Waals surface area contributed by atoms with E-state index in [0.29, 0.717) is 15.4 Å². The first-order valence-corrected chi connectivity index (χ1v) is 12.4. The molecule has 1 aliphatic carbocycles. The number of aliphatic hydroxyl groups is 2. The Labute approximate surface area is 222 Å². The van der Waals surface area contributed by atoms with Crippen LogP contribution in [0.5, 0.6) is 11.5 Å². The van der Waals surface area contributed by atoms with E-state index in [2.05, 4.69) is 5.32 Å². The van der Waals surface area contributed by atoms with Crippen molar-refractivity contribution in [1.82, 2.24) is 10.2 Å². The Morgan fingerprint density at radius 2 is 2.00 bits per heavy atom. The SMILES string of the molecule is CCC(=O)C(=O)N(CCOC)C1CC(C(=O)NCCO)=CC(Oc2c(I)cc(C=O)cc2OC)C1O. The number of nitrogens with zero attached hydrogens (tertiary/aromatic N) is 1. The van der Waals surface area contributed by atoms with E-state index in [1.54, 1.807) is 13.0 Å². The van der Waals surface area contributed by atoms with Gasteiger partial charge >= 0.3 is 0 Å². The zero-order valence-electron chi connectivity index (χ0n) is 20.4.